The Morgan fingerprint density at radius 2 is 1.96 bits per heavy atom. The largest absolute Gasteiger partial charge is 0.490 e. The van der Waals surface area contributed by atoms with Gasteiger partial charge < -0.3 is 14.8 Å². The minimum absolute atomic E-state index is 0. The van der Waals surface area contributed by atoms with Gasteiger partial charge in [-0.2, -0.15) is 0 Å². The highest BCUT2D eigenvalue weighted by molar-refractivity contribution is 5.85. The molecule has 2 atom stereocenters. The second-order valence-electron chi connectivity index (χ2n) is 6.06. The quantitative estimate of drug-likeness (QED) is 0.606. The zero-order chi connectivity index (χ0) is 17.6. The van der Waals surface area contributed by atoms with E-state index in [1.807, 2.05) is 18.2 Å². The molecule has 0 spiro atoms. The maximum Gasteiger partial charge on any atom is 0.311 e. The molecule has 140 valence electrons. The molecule has 0 aromatic heterocycles. The Labute approximate surface area is 159 Å². The molecule has 2 aromatic carbocycles. The SMILES string of the molecule is COc1c(COC2CCCNC2c2ccccc2)cccc1[N+](=O)[O-].Cl. The standard InChI is InChI=1S/C19H22N2O4.ClH/c1-24-19-15(9-5-10-16(19)21(22)23)13-25-17-11-6-12-20-18(17)14-7-3-2-4-8-14;/h2-5,7-10,17-18,20H,6,11-13H2,1H3;1H. The van der Waals surface area contributed by atoms with Gasteiger partial charge in [0.05, 0.1) is 30.8 Å². The number of rotatable bonds is 6. The predicted octanol–water partition coefficient (Wildman–Crippen LogP) is 4.04. The normalized spacial score (nSPS) is 19.4. The number of benzene rings is 2. The van der Waals surface area contributed by atoms with E-state index in [0.29, 0.717) is 5.56 Å². The number of methoxy groups -OCH3 is 1. The Hall–Kier alpha value is -2.15. The minimum Gasteiger partial charge on any atom is -0.490 e. The zero-order valence-electron chi connectivity index (χ0n) is 14.6. The maximum absolute atomic E-state index is 11.2. The van der Waals surface area contributed by atoms with Gasteiger partial charge in [-0.3, -0.25) is 10.1 Å². The number of nitrogens with zero attached hydrogens (tertiary/aromatic N) is 1. The monoisotopic (exact) mass is 378 g/mol. The summed E-state index contributed by atoms with van der Waals surface area (Å²) < 4.78 is 11.4. The lowest BCUT2D eigenvalue weighted by Gasteiger charge is -2.33. The fraction of sp³-hybridized carbons (Fsp3) is 0.368. The van der Waals surface area contributed by atoms with Crippen LogP contribution in [0.1, 0.15) is 30.0 Å². The highest BCUT2D eigenvalue weighted by Crippen LogP contribution is 2.33. The Kier molecular flexibility index (Phi) is 7.38. The van der Waals surface area contributed by atoms with Crippen LogP contribution in [0.4, 0.5) is 5.69 Å². The number of nitrogens with one attached hydrogen (secondary N) is 1. The molecule has 1 aliphatic rings. The van der Waals surface area contributed by atoms with Crippen LogP contribution in [0, 0.1) is 10.1 Å². The zero-order valence-corrected chi connectivity index (χ0v) is 15.4. The summed E-state index contributed by atoms with van der Waals surface area (Å²) >= 11 is 0. The van der Waals surface area contributed by atoms with Crippen LogP contribution in [0.5, 0.6) is 5.75 Å². The average Bonchev–Trinajstić information content (AvgIpc) is 2.66. The van der Waals surface area contributed by atoms with Gasteiger partial charge in [0.15, 0.2) is 0 Å². The summed E-state index contributed by atoms with van der Waals surface area (Å²) in [4.78, 5) is 10.7. The number of hydrogen-bond donors (Lipinski definition) is 1. The Balaban J connectivity index is 0.00000243. The number of hydrogen-bond acceptors (Lipinski definition) is 5. The molecule has 6 nitrogen and oxygen atoms in total. The molecule has 0 aliphatic carbocycles. The molecule has 1 N–H and O–H groups in total. The lowest BCUT2D eigenvalue weighted by Crippen LogP contribution is -2.39. The number of nitro benzene ring substituents is 1. The maximum atomic E-state index is 11.2. The van der Waals surface area contributed by atoms with Gasteiger partial charge in [0.1, 0.15) is 0 Å². The van der Waals surface area contributed by atoms with Crippen molar-refractivity contribution in [2.45, 2.75) is 31.6 Å². The van der Waals surface area contributed by atoms with Gasteiger partial charge in [-0.25, -0.2) is 0 Å². The van der Waals surface area contributed by atoms with Crippen LogP contribution in [-0.2, 0) is 11.3 Å². The minimum atomic E-state index is -0.433. The van der Waals surface area contributed by atoms with Crippen LogP contribution in [0.2, 0.25) is 0 Å². The van der Waals surface area contributed by atoms with Crippen LogP contribution in [-0.4, -0.2) is 24.7 Å². The van der Waals surface area contributed by atoms with Gasteiger partial charge in [0.25, 0.3) is 0 Å². The van der Waals surface area contributed by atoms with E-state index in [4.69, 9.17) is 9.47 Å². The molecular formula is C19H23ClN2O4. The first-order valence-corrected chi connectivity index (χ1v) is 8.41. The molecule has 3 rings (SSSR count). The molecule has 7 heteroatoms. The van der Waals surface area contributed by atoms with Crippen molar-refractivity contribution in [3.8, 4) is 5.75 Å². The number of halogens is 1. The molecule has 0 radical (unpaired) electrons. The van der Waals surface area contributed by atoms with E-state index in [1.165, 1.54) is 18.7 Å². The Morgan fingerprint density at radius 3 is 2.65 bits per heavy atom. The summed E-state index contributed by atoms with van der Waals surface area (Å²) in [6, 6.07) is 15.2. The Bertz CT molecular complexity index is 727. The van der Waals surface area contributed by atoms with Crippen molar-refractivity contribution >= 4 is 18.1 Å². The third-order valence-corrected chi connectivity index (χ3v) is 4.49. The first kappa shape index (κ1) is 20.2. The highest BCUT2D eigenvalue weighted by Gasteiger charge is 2.27. The third-order valence-electron chi connectivity index (χ3n) is 4.49. The van der Waals surface area contributed by atoms with Crippen LogP contribution in [0.25, 0.3) is 0 Å². The van der Waals surface area contributed by atoms with Crippen molar-refractivity contribution in [3.05, 3.63) is 69.8 Å². The molecule has 26 heavy (non-hydrogen) atoms. The van der Waals surface area contributed by atoms with Crippen molar-refractivity contribution in [1.82, 2.24) is 5.32 Å². The molecule has 0 saturated carbocycles. The van der Waals surface area contributed by atoms with Crippen molar-refractivity contribution in [1.29, 1.82) is 0 Å². The van der Waals surface area contributed by atoms with Gasteiger partial charge in [0, 0.05) is 11.6 Å². The molecular weight excluding hydrogens is 356 g/mol. The summed E-state index contributed by atoms with van der Waals surface area (Å²) in [6.45, 7) is 1.24. The number of ether oxygens (including phenoxy) is 2. The lowest BCUT2D eigenvalue weighted by molar-refractivity contribution is -0.385. The first-order valence-electron chi connectivity index (χ1n) is 8.41. The van der Waals surface area contributed by atoms with E-state index in [0.717, 1.165) is 19.4 Å². The Morgan fingerprint density at radius 1 is 1.19 bits per heavy atom. The van der Waals surface area contributed by atoms with Crippen molar-refractivity contribution < 1.29 is 14.4 Å². The molecule has 0 bridgehead atoms. The van der Waals surface area contributed by atoms with Crippen LogP contribution in [0.3, 0.4) is 0 Å². The predicted molar refractivity (Wildman–Crippen MR) is 102 cm³/mol. The summed E-state index contributed by atoms with van der Waals surface area (Å²) in [6.07, 6.45) is 2.00. The molecule has 1 fully saturated rings. The number of para-hydroxylation sites is 1. The van der Waals surface area contributed by atoms with Gasteiger partial charge in [0.2, 0.25) is 5.75 Å². The molecule has 1 heterocycles. The van der Waals surface area contributed by atoms with E-state index in [-0.39, 0.29) is 42.6 Å². The lowest BCUT2D eigenvalue weighted by atomic mass is 9.94. The van der Waals surface area contributed by atoms with Gasteiger partial charge in [-0.15, -0.1) is 12.4 Å². The number of piperidine rings is 1. The summed E-state index contributed by atoms with van der Waals surface area (Å²) in [7, 11) is 1.45. The van der Waals surface area contributed by atoms with Crippen LogP contribution in [0.15, 0.2) is 48.5 Å². The van der Waals surface area contributed by atoms with E-state index in [9.17, 15) is 10.1 Å². The van der Waals surface area contributed by atoms with Crippen LogP contribution < -0.4 is 10.1 Å². The van der Waals surface area contributed by atoms with Crippen LogP contribution >= 0.6 is 12.4 Å². The molecule has 1 saturated heterocycles. The second kappa shape index (κ2) is 9.52. The highest BCUT2D eigenvalue weighted by atomic mass is 35.5. The van der Waals surface area contributed by atoms with E-state index >= 15 is 0 Å². The van der Waals surface area contributed by atoms with E-state index < -0.39 is 4.92 Å². The van der Waals surface area contributed by atoms with E-state index in [2.05, 4.69) is 17.4 Å². The van der Waals surface area contributed by atoms with Gasteiger partial charge >= 0.3 is 5.69 Å². The summed E-state index contributed by atoms with van der Waals surface area (Å²) in [5.74, 6) is 0.271. The van der Waals surface area contributed by atoms with Crippen molar-refractivity contribution in [2.24, 2.45) is 0 Å². The summed E-state index contributed by atoms with van der Waals surface area (Å²) in [5.41, 5.74) is 1.84. The molecule has 2 unspecified atom stereocenters. The fourth-order valence-electron chi connectivity index (χ4n) is 3.29. The molecule has 1 aliphatic heterocycles. The topological polar surface area (TPSA) is 73.6 Å². The summed E-state index contributed by atoms with van der Waals surface area (Å²) in [5, 5.41) is 14.7. The van der Waals surface area contributed by atoms with E-state index in [1.54, 1.807) is 12.1 Å². The average molecular weight is 379 g/mol. The molecule has 2 aromatic rings. The number of nitro groups is 1. The van der Waals surface area contributed by atoms with Gasteiger partial charge in [-0.1, -0.05) is 42.5 Å². The smallest absolute Gasteiger partial charge is 0.311 e. The van der Waals surface area contributed by atoms with Gasteiger partial charge in [-0.05, 0) is 24.9 Å². The fourth-order valence-corrected chi connectivity index (χ4v) is 3.29. The first-order chi connectivity index (χ1) is 12.2. The second-order valence-corrected chi connectivity index (χ2v) is 6.06. The molecule has 0 amide bonds. The third kappa shape index (κ3) is 4.52. The van der Waals surface area contributed by atoms with Crippen molar-refractivity contribution in [3.63, 3.8) is 0 Å². The van der Waals surface area contributed by atoms with Crippen molar-refractivity contribution in [2.75, 3.05) is 13.7 Å².